The molecular weight excluding hydrogens is 278 g/mol. The number of aryl methyl sites for hydroxylation is 1. The number of benzene rings is 3. The zero-order valence-corrected chi connectivity index (χ0v) is 13.3. The molecule has 3 rings (SSSR count). The van der Waals surface area contributed by atoms with Crippen molar-refractivity contribution in [2.75, 3.05) is 0 Å². The Balaban J connectivity index is 1.82. The van der Waals surface area contributed by atoms with Gasteiger partial charge in [-0.15, -0.1) is 0 Å². The van der Waals surface area contributed by atoms with Gasteiger partial charge in [-0.2, -0.15) is 5.26 Å². The molecule has 0 bridgehead atoms. The largest absolute Gasteiger partial charge is 0.192 e. The van der Waals surface area contributed by atoms with E-state index in [2.05, 4.69) is 61.5 Å². The van der Waals surface area contributed by atoms with Crippen molar-refractivity contribution in [3.63, 3.8) is 0 Å². The summed E-state index contributed by atoms with van der Waals surface area (Å²) in [6.45, 7) is 2.20. The van der Waals surface area contributed by atoms with Crippen molar-refractivity contribution < 1.29 is 0 Å². The molecule has 23 heavy (non-hydrogen) atoms. The second-order valence-corrected chi connectivity index (χ2v) is 5.71. The van der Waals surface area contributed by atoms with Crippen molar-refractivity contribution in [1.29, 1.82) is 5.26 Å². The van der Waals surface area contributed by atoms with Crippen LogP contribution in [0.2, 0.25) is 0 Å². The highest BCUT2D eigenvalue weighted by atomic mass is 14.2. The summed E-state index contributed by atoms with van der Waals surface area (Å²) >= 11 is 0. The number of hydrogen-bond donors (Lipinski definition) is 0. The van der Waals surface area contributed by atoms with Crippen molar-refractivity contribution in [3.05, 3.63) is 83.9 Å². The van der Waals surface area contributed by atoms with Crippen molar-refractivity contribution in [2.24, 2.45) is 0 Å². The number of hydrogen-bond acceptors (Lipinski definition) is 1. The average Bonchev–Trinajstić information content (AvgIpc) is 2.63. The van der Waals surface area contributed by atoms with E-state index in [0.717, 1.165) is 12.0 Å². The molecule has 0 fully saturated rings. The molecule has 1 heteroatoms. The van der Waals surface area contributed by atoms with Crippen molar-refractivity contribution >= 4 is 0 Å². The van der Waals surface area contributed by atoms with E-state index in [9.17, 15) is 0 Å². The van der Waals surface area contributed by atoms with E-state index >= 15 is 0 Å². The van der Waals surface area contributed by atoms with Crippen LogP contribution in [0.5, 0.6) is 0 Å². The summed E-state index contributed by atoms with van der Waals surface area (Å²) in [6.07, 6.45) is 2.32. The van der Waals surface area contributed by atoms with Crippen LogP contribution in [-0.4, -0.2) is 0 Å². The second-order valence-electron chi connectivity index (χ2n) is 5.71. The van der Waals surface area contributed by atoms with E-state index in [0.29, 0.717) is 5.56 Å². The summed E-state index contributed by atoms with van der Waals surface area (Å²) < 4.78 is 0. The van der Waals surface area contributed by atoms with Crippen LogP contribution in [0, 0.1) is 11.3 Å². The minimum absolute atomic E-state index is 0.692. The number of nitrogens with zero attached hydrogens (tertiary/aromatic N) is 1. The standard InChI is InChI=1S/C22H19N/c1-2-3-17-4-8-19(9-5-17)21-12-14-22(15-13-21)20-10-6-18(16-23)7-11-20/h4-15H,2-3H2,1H3. The van der Waals surface area contributed by atoms with Crippen LogP contribution in [0.1, 0.15) is 24.5 Å². The summed E-state index contributed by atoms with van der Waals surface area (Å²) in [5.41, 5.74) is 6.86. The smallest absolute Gasteiger partial charge is 0.0991 e. The number of rotatable bonds is 4. The first kappa shape index (κ1) is 15.1. The van der Waals surface area contributed by atoms with E-state index in [1.165, 1.54) is 28.7 Å². The lowest BCUT2D eigenvalue weighted by Crippen LogP contribution is -1.84. The van der Waals surface area contributed by atoms with Gasteiger partial charge in [0.25, 0.3) is 0 Å². The highest BCUT2D eigenvalue weighted by Gasteiger charge is 2.01. The van der Waals surface area contributed by atoms with E-state index in [4.69, 9.17) is 5.26 Å². The fraction of sp³-hybridized carbons (Fsp3) is 0.136. The lowest BCUT2D eigenvalue weighted by Gasteiger charge is -2.06. The van der Waals surface area contributed by atoms with Crippen LogP contribution < -0.4 is 0 Å². The van der Waals surface area contributed by atoms with Crippen LogP contribution >= 0.6 is 0 Å². The van der Waals surface area contributed by atoms with Crippen molar-refractivity contribution in [2.45, 2.75) is 19.8 Å². The summed E-state index contributed by atoms with van der Waals surface area (Å²) in [6, 6.07) is 27.3. The van der Waals surface area contributed by atoms with Gasteiger partial charge in [-0.3, -0.25) is 0 Å². The molecule has 0 aliphatic heterocycles. The van der Waals surface area contributed by atoms with Gasteiger partial charge in [0, 0.05) is 0 Å². The molecule has 0 atom stereocenters. The minimum Gasteiger partial charge on any atom is -0.192 e. The Bertz CT molecular complexity index is 804. The zero-order valence-electron chi connectivity index (χ0n) is 13.3. The summed E-state index contributed by atoms with van der Waals surface area (Å²) in [5.74, 6) is 0. The maximum Gasteiger partial charge on any atom is 0.0991 e. The van der Waals surface area contributed by atoms with Gasteiger partial charge in [-0.05, 0) is 46.4 Å². The summed E-state index contributed by atoms with van der Waals surface area (Å²) in [4.78, 5) is 0. The summed E-state index contributed by atoms with van der Waals surface area (Å²) in [7, 11) is 0. The highest BCUT2D eigenvalue weighted by molar-refractivity contribution is 5.70. The molecule has 0 heterocycles. The van der Waals surface area contributed by atoms with Crippen molar-refractivity contribution in [3.8, 4) is 28.3 Å². The lowest BCUT2D eigenvalue weighted by molar-refractivity contribution is 0.922. The molecule has 112 valence electrons. The topological polar surface area (TPSA) is 23.8 Å². The van der Waals surface area contributed by atoms with Gasteiger partial charge in [0.05, 0.1) is 11.6 Å². The predicted molar refractivity (Wildman–Crippen MR) is 96.0 cm³/mol. The summed E-state index contributed by atoms with van der Waals surface area (Å²) in [5, 5.41) is 8.86. The third-order valence-electron chi connectivity index (χ3n) is 4.06. The van der Waals surface area contributed by atoms with Gasteiger partial charge in [0.2, 0.25) is 0 Å². The maximum absolute atomic E-state index is 8.86. The quantitative estimate of drug-likeness (QED) is 0.593. The highest BCUT2D eigenvalue weighted by Crippen LogP contribution is 2.25. The Morgan fingerprint density at radius 1 is 0.652 bits per heavy atom. The van der Waals surface area contributed by atoms with Crippen LogP contribution in [0.25, 0.3) is 22.3 Å². The van der Waals surface area contributed by atoms with Crippen LogP contribution in [0.3, 0.4) is 0 Å². The molecule has 1 nitrogen and oxygen atoms in total. The molecule has 0 unspecified atom stereocenters. The zero-order chi connectivity index (χ0) is 16.1. The molecule has 3 aromatic rings. The first-order valence-electron chi connectivity index (χ1n) is 8.00. The SMILES string of the molecule is CCCc1ccc(-c2ccc(-c3ccc(C#N)cc3)cc2)cc1. The fourth-order valence-electron chi connectivity index (χ4n) is 2.74. The van der Waals surface area contributed by atoms with Gasteiger partial charge < -0.3 is 0 Å². The maximum atomic E-state index is 8.86. The molecular formula is C22H19N. The van der Waals surface area contributed by atoms with E-state index < -0.39 is 0 Å². The fourth-order valence-corrected chi connectivity index (χ4v) is 2.74. The monoisotopic (exact) mass is 297 g/mol. The normalized spacial score (nSPS) is 10.3. The van der Waals surface area contributed by atoms with Crippen LogP contribution in [0.4, 0.5) is 0 Å². The lowest BCUT2D eigenvalue weighted by atomic mass is 9.98. The van der Waals surface area contributed by atoms with Gasteiger partial charge >= 0.3 is 0 Å². The van der Waals surface area contributed by atoms with Crippen molar-refractivity contribution in [1.82, 2.24) is 0 Å². The molecule has 0 aromatic heterocycles. The molecule has 0 amide bonds. The first-order chi connectivity index (χ1) is 11.3. The van der Waals surface area contributed by atoms with Crippen LogP contribution in [0.15, 0.2) is 72.8 Å². The Kier molecular flexibility index (Phi) is 4.54. The molecule has 0 aliphatic rings. The van der Waals surface area contributed by atoms with Crippen LogP contribution in [-0.2, 0) is 6.42 Å². The Morgan fingerprint density at radius 3 is 1.43 bits per heavy atom. The third-order valence-corrected chi connectivity index (χ3v) is 4.06. The Hall–Kier alpha value is -2.85. The van der Waals surface area contributed by atoms with Gasteiger partial charge in [-0.25, -0.2) is 0 Å². The van der Waals surface area contributed by atoms with E-state index in [-0.39, 0.29) is 0 Å². The minimum atomic E-state index is 0.692. The second kappa shape index (κ2) is 6.94. The molecule has 0 saturated heterocycles. The molecule has 0 spiro atoms. The molecule has 3 aromatic carbocycles. The Morgan fingerprint density at radius 2 is 1.04 bits per heavy atom. The van der Waals surface area contributed by atoms with Gasteiger partial charge in [0.1, 0.15) is 0 Å². The van der Waals surface area contributed by atoms with E-state index in [1.54, 1.807) is 0 Å². The number of nitriles is 1. The first-order valence-corrected chi connectivity index (χ1v) is 8.00. The predicted octanol–water partition coefficient (Wildman–Crippen LogP) is 5.84. The molecule has 0 radical (unpaired) electrons. The van der Waals surface area contributed by atoms with Gasteiger partial charge in [0.15, 0.2) is 0 Å². The molecule has 0 N–H and O–H groups in total. The van der Waals surface area contributed by atoms with Gasteiger partial charge in [-0.1, -0.05) is 74.0 Å². The average molecular weight is 297 g/mol. The molecule has 0 aliphatic carbocycles. The third kappa shape index (κ3) is 3.49. The molecule has 0 saturated carbocycles. The Labute approximate surface area is 137 Å². The van der Waals surface area contributed by atoms with E-state index in [1.807, 2.05) is 24.3 Å².